The van der Waals surface area contributed by atoms with Gasteiger partial charge in [0, 0.05) is 0 Å². The first-order valence-electron chi connectivity index (χ1n) is 5.83. The van der Waals surface area contributed by atoms with Crippen LogP contribution in [0.1, 0.15) is 38.5 Å². The van der Waals surface area contributed by atoms with E-state index in [0.29, 0.717) is 5.41 Å². The second-order valence-corrected chi connectivity index (χ2v) is 6.21. The van der Waals surface area contributed by atoms with Crippen LogP contribution in [0.15, 0.2) is 4.99 Å². The Bertz CT molecular complexity index is 255. The van der Waals surface area contributed by atoms with Crippen molar-refractivity contribution in [2.45, 2.75) is 38.5 Å². The summed E-state index contributed by atoms with van der Waals surface area (Å²) in [5.74, 6) is 3.16. The summed E-state index contributed by atoms with van der Waals surface area (Å²) in [4.78, 5) is 4.36. The molecule has 0 unspecified atom stereocenters. The molecular weight excluding hydrogens is 237 g/mol. The van der Waals surface area contributed by atoms with Crippen molar-refractivity contribution in [1.82, 2.24) is 0 Å². The standard InChI is InChI=1S/C12H17NSe/c14-8-13-7-12-4-9-1-10(5-12)3-11(2-9)6-12/h9-11H,1-7H2. The number of hydrogen-bond donors (Lipinski definition) is 0. The predicted molar refractivity (Wildman–Crippen MR) is 58.7 cm³/mol. The van der Waals surface area contributed by atoms with Gasteiger partial charge in [0.15, 0.2) is 0 Å². The Kier molecular flexibility index (Phi) is 2.20. The Labute approximate surface area is 93.7 Å². The van der Waals surface area contributed by atoms with Gasteiger partial charge < -0.3 is 0 Å². The molecule has 0 heterocycles. The molecule has 14 heavy (non-hydrogen) atoms. The van der Waals surface area contributed by atoms with Crippen molar-refractivity contribution in [2.75, 3.05) is 6.54 Å². The molecule has 0 atom stereocenters. The molecule has 4 aliphatic rings. The quantitative estimate of drug-likeness (QED) is 0.529. The van der Waals surface area contributed by atoms with Crippen molar-refractivity contribution in [3.63, 3.8) is 0 Å². The van der Waals surface area contributed by atoms with Gasteiger partial charge in [0.05, 0.1) is 0 Å². The molecule has 0 N–H and O–H groups in total. The molecular formula is C12H17NSe. The van der Waals surface area contributed by atoms with Gasteiger partial charge in [-0.3, -0.25) is 0 Å². The van der Waals surface area contributed by atoms with Gasteiger partial charge in [-0.05, 0) is 0 Å². The third-order valence-corrected chi connectivity index (χ3v) is 4.91. The van der Waals surface area contributed by atoms with E-state index in [9.17, 15) is 0 Å². The monoisotopic (exact) mass is 255 g/mol. The van der Waals surface area contributed by atoms with E-state index in [2.05, 4.69) is 25.3 Å². The normalized spacial score (nSPS) is 49.0. The molecule has 0 spiro atoms. The molecule has 4 rings (SSSR count). The molecule has 0 radical (unpaired) electrons. The molecule has 4 bridgehead atoms. The Morgan fingerprint density at radius 3 is 2.00 bits per heavy atom. The molecule has 4 aliphatic carbocycles. The molecule has 76 valence electrons. The minimum atomic E-state index is 0.603. The Morgan fingerprint density at radius 2 is 1.57 bits per heavy atom. The van der Waals surface area contributed by atoms with Crippen molar-refractivity contribution in [3.8, 4) is 0 Å². The molecule has 1 nitrogen and oxygen atoms in total. The number of rotatable bonds is 2. The van der Waals surface area contributed by atoms with Crippen molar-refractivity contribution in [1.29, 1.82) is 0 Å². The number of aliphatic imine (C=N–C) groups is 1. The second-order valence-electron chi connectivity index (χ2n) is 5.83. The molecule has 2 heteroatoms. The van der Waals surface area contributed by atoms with E-state index in [1.165, 1.54) is 38.5 Å². The van der Waals surface area contributed by atoms with Gasteiger partial charge in [0.2, 0.25) is 0 Å². The van der Waals surface area contributed by atoms with Gasteiger partial charge in [-0.25, -0.2) is 0 Å². The molecule has 0 amide bonds. The van der Waals surface area contributed by atoms with Crippen LogP contribution in [-0.4, -0.2) is 26.8 Å². The van der Waals surface area contributed by atoms with Crippen molar-refractivity contribution in [2.24, 2.45) is 28.2 Å². The van der Waals surface area contributed by atoms with E-state index in [0.717, 1.165) is 24.3 Å². The van der Waals surface area contributed by atoms with Gasteiger partial charge in [-0.1, -0.05) is 0 Å². The summed E-state index contributed by atoms with van der Waals surface area (Å²) in [6.45, 7) is 1.05. The van der Waals surface area contributed by atoms with Crippen LogP contribution in [0.4, 0.5) is 0 Å². The maximum atomic E-state index is 4.36. The molecule has 0 aromatic rings. The zero-order valence-electron chi connectivity index (χ0n) is 8.54. The van der Waals surface area contributed by atoms with Crippen molar-refractivity contribution in [3.05, 3.63) is 0 Å². The van der Waals surface area contributed by atoms with E-state index in [-0.39, 0.29) is 0 Å². The van der Waals surface area contributed by atoms with E-state index in [4.69, 9.17) is 0 Å². The van der Waals surface area contributed by atoms with Gasteiger partial charge in [-0.15, -0.1) is 0 Å². The summed E-state index contributed by atoms with van der Waals surface area (Å²) in [6, 6.07) is 0. The fourth-order valence-electron chi connectivity index (χ4n) is 4.68. The van der Waals surface area contributed by atoms with Gasteiger partial charge in [0.25, 0.3) is 0 Å². The minimum absolute atomic E-state index is 0.603. The first kappa shape index (κ1) is 9.33. The predicted octanol–water partition coefficient (Wildman–Crippen LogP) is 2.28. The Morgan fingerprint density at radius 1 is 1.07 bits per heavy atom. The van der Waals surface area contributed by atoms with Crippen LogP contribution >= 0.6 is 0 Å². The maximum absolute atomic E-state index is 4.36. The Balaban J connectivity index is 1.83. The van der Waals surface area contributed by atoms with Crippen LogP contribution in [0, 0.1) is 23.2 Å². The van der Waals surface area contributed by atoms with Gasteiger partial charge in [0.1, 0.15) is 0 Å². The zero-order chi connectivity index (χ0) is 9.60. The van der Waals surface area contributed by atoms with Crippen LogP contribution in [-0.2, 0) is 0 Å². The molecule has 0 aromatic carbocycles. The van der Waals surface area contributed by atoms with Crippen molar-refractivity contribution < 1.29 is 0 Å². The topological polar surface area (TPSA) is 12.4 Å². The van der Waals surface area contributed by atoms with E-state index in [1.54, 1.807) is 0 Å². The average molecular weight is 254 g/mol. The summed E-state index contributed by atoms with van der Waals surface area (Å²) in [5, 5.41) is 0. The van der Waals surface area contributed by atoms with Crippen LogP contribution < -0.4 is 0 Å². The molecule has 0 aliphatic heterocycles. The van der Waals surface area contributed by atoms with Crippen LogP contribution in [0.2, 0.25) is 0 Å². The Hall–Kier alpha value is 0.0995. The van der Waals surface area contributed by atoms with Crippen LogP contribution in [0.3, 0.4) is 0 Å². The van der Waals surface area contributed by atoms with Gasteiger partial charge >= 0.3 is 93.5 Å². The SMILES string of the molecule is [Se]=C=NCC12CC3CC(CC(C3)C1)C2. The summed E-state index contributed by atoms with van der Waals surface area (Å²) >= 11 is 2.76. The number of nitrogens with zero attached hydrogens (tertiary/aromatic N) is 1. The van der Waals surface area contributed by atoms with E-state index >= 15 is 0 Å². The van der Waals surface area contributed by atoms with E-state index in [1.807, 2.05) is 0 Å². The molecule has 0 aromatic heterocycles. The zero-order valence-corrected chi connectivity index (χ0v) is 10.3. The number of hydrogen-bond acceptors (Lipinski definition) is 1. The fourth-order valence-corrected chi connectivity index (χ4v) is 4.82. The molecule has 4 fully saturated rings. The summed E-state index contributed by atoms with van der Waals surface area (Å²) in [6.07, 6.45) is 8.99. The third kappa shape index (κ3) is 1.45. The summed E-state index contributed by atoms with van der Waals surface area (Å²) < 4.78 is 2.84. The summed E-state index contributed by atoms with van der Waals surface area (Å²) in [7, 11) is 0. The van der Waals surface area contributed by atoms with Gasteiger partial charge in [-0.2, -0.15) is 0 Å². The van der Waals surface area contributed by atoms with Crippen LogP contribution in [0.5, 0.6) is 0 Å². The van der Waals surface area contributed by atoms with Crippen LogP contribution in [0.25, 0.3) is 0 Å². The summed E-state index contributed by atoms with van der Waals surface area (Å²) in [5.41, 5.74) is 0.603. The fraction of sp³-hybridized carbons (Fsp3) is 0.917. The molecule has 0 saturated heterocycles. The average Bonchev–Trinajstić information content (AvgIpc) is 2.12. The third-order valence-electron chi connectivity index (χ3n) is 4.64. The van der Waals surface area contributed by atoms with E-state index < -0.39 is 0 Å². The second kappa shape index (κ2) is 3.30. The first-order chi connectivity index (χ1) is 6.80. The molecule has 4 saturated carbocycles. The van der Waals surface area contributed by atoms with Crippen molar-refractivity contribution >= 4 is 20.3 Å². The first-order valence-corrected chi connectivity index (χ1v) is 6.69.